The van der Waals surface area contributed by atoms with Crippen molar-refractivity contribution in [1.29, 1.82) is 0 Å². The van der Waals surface area contributed by atoms with Crippen LogP contribution in [0.25, 0.3) is 0 Å². The number of azo groups is 1. The van der Waals surface area contributed by atoms with Crippen molar-refractivity contribution in [2.24, 2.45) is 10.2 Å². The maximum Gasteiger partial charge on any atom is 0.295 e. The smallest absolute Gasteiger partial charge is 0.295 e. The molecule has 1 N–H and O–H groups in total. The van der Waals surface area contributed by atoms with Crippen molar-refractivity contribution in [2.45, 2.75) is 25.3 Å². The third kappa shape index (κ3) is 3.25. The number of hydrogen-bond acceptors (Lipinski definition) is 3. The van der Waals surface area contributed by atoms with E-state index in [1.165, 1.54) is 0 Å². The molecular weight excluding hydrogens is 302 g/mol. The molecule has 0 fully saturated rings. The molecule has 2 unspecified atom stereocenters. The van der Waals surface area contributed by atoms with Crippen LogP contribution in [0.4, 0.5) is 0 Å². The number of benzene rings is 2. The molecular formula is C19H19N3O2. The fourth-order valence-electron chi connectivity index (χ4n) is 2.95. The van der Waals surface area contributed by atoms with Gasteiger partial charge in [-0.2, -0.15) is 5.11 Å². The summed E-state index contributed by atoms with van der Waals surface area (Å²) in [5.74, 6) is -0.555. The number of hydrogen-bond donors (Lipinski definition) is 1. The van der Waals surface area contributed by atoms with E-state index in [-0.39, 0.29) is 23.8 Å². The lowest BCUT2D eigenvalue weighted by Gasteiger charge is -2.20. The van der Waals surface area contributed by atoms with Crippen LogP contribution in [0.1, 0.15) is 46.8 Å². The second-order valence-electron chi connectivity index (χ2n) is 5.74. The fraction of sp³-hybridized carbons (Fsp3) is 0.263. The van der Waals surface area contributed by atoms with Crippen LogP contribution in [-0.2, 0) is 4.79 Å². The van der Waals surface area contributed by atoms with Crippen molar-refractivity contribution in [2.75, 3.05) is 6.54 Å². The summed E-state index contributed by atoms with van der Waals surface area (Å²) in [7, 11) is 0. The van der Waals surface area contributed by atoms with Gasteiger partial charge in [0, 0.05) is 12.1 Å². The highest BCUT2D eigenvalue weighted by atomic mass is 16.2. The zero-order valence-electron chi connectivity index (χ0n) is 13.5. The van der Waals surface area contributed by atoms with E-state index in [0.717, 1.165) is 17.5 Å². The summed E-state index contributed by atoms with van der Waals surface area (Å²) in [6.07, 6.45) is 0.719. The third-order valence-electron chi connectivity index (χ3n) is 4.23. The van der Waals surface area contributed by atoms with E-state index < -0.39 is 0 Å². The van der Waals surface area contributed by atoms with Gasteiger partial charge in [-0.3, -0.25) is 9.59 Å². The Morgan fingerprint density at radius 1 is 1.12 bits per heavy atom. The molecule has 0 spiro atoms. The van der Waals surface area contributed by atoms with Crippen molar-refractivity contribution in [1.82, 2.24) is 5.32 Å². The number of nitrogens with one attached hydrogen (secondary N) is 1. The summed E-state index contributed by atoms with van der Waals surface area (Å²) in [6.45, 7) is 2.32. The topological polar surface area (TPSA) is 70.9 Å². The molecule has 2 aromatic carbocycles. The molecule has 2 amide bonds. The molecule has 1 aliphatic heterocycles. The Morgan fingerprint density at radius 3 is 2.58 bits per heavy atom. The normalized spacial score (nSPS) is 17.2. The molecule has 122 valence electrons. The molecule has 5 nitrogen and oxygen atoms in total. The molecule has 0 aliphatic carbocycles. The summed E-state index contributed by atoms with van der Waals surface area (Å²) in [5, 5.41) is 10.7. The Morgan fingerprint density at radius 2 is 1.83 bits per heavy atom. The van der Waals surface area contributed by atoms with Gasteiger partial charge < -0.3 is 5.32 Å². The van der Waals surface area contributed by atoms with Crippen LogP contribution in [0.5, 0.6) is 0 Å². The van der Waals surface area contributed by atoms with E-state index in [1.807, 2.05) is 49.4 Å². The SMILES string of the molecule is CCC(C(=O)NCC1N=NC(=O)c2ccccc21)c1ccccc1. The van der Waals surface area contributed by atoms with E-state index in [4.69, 9.17) is 0 Å². The van der Waals surface area contributed by atoms with Gasteiger partial charge in [0.15, 0.2) is 0 Å². The van der Waals surface area contributed by atoms with Gasteiger partial charge in [-0.25, -0.2) is 0 Å². The minimum Gasteiger partial charge on any atom is -0.353 e. The maximum atomic E-state index is 12.5. The number of carbonyl (C=O) groups excluding carboxylic acids is 2. The van der Waals surface area contributed by atoms with Gasteiger partial charge in [-0.1, -0.05) is 55.5 Å². The first-order valence-electron chi connectivity index (χ1n) is 8.07. The molecule has 0 saturated heterocycles. The number of rotatable bonds is 5. The predicted molar refractivity (Wildman–Crippen MR) is 90.9 cm³/mol. The molecule has 2 atom stereocenters. The highest BCUT2D eigenvalue weighted by molar-refractivity contribution is 5.97. The average Bonchev–Trinajstić information content (AvgIpc) is 2.63. The van der Waals surface area contributed by atoms with Gasteiger partial charge in [0.25, 0.3) is 5.91 Å². The zero-order valence-corrected chi connectivity index (χ0v) is 13.5. The van der Waals surface area contributed by atoms with Crippen LogP contribution in [0, 0.1) is 0 Å². The first-order valence-corrected chi connectivity index (χ1v) is 8.07. The van der Waals surface area contributed by atoms with Gasteiger partial charge in [0.1, 0.15) is 6.04 Å². The van der Waals surface area contributed by atoms with E-state index in [2.05, 4.69) is 15.5 Å². The van der Waals surface area contributed by atoms with Crippen molar-refractivity contribution >= 4 is 11.8 Å². The zero-order chi connectivity index (χ0) is 16.9. The van der Waals surface area contributed by atoms with Crippen molar-refractivity contribution in [3.05, 3.63) is 71.3 Å². The van der Waals surface area contributed by atoms with Gasteiger partial charge in [-0.15, -0.1) is 5.11 Å². The molecule has 3 rings (SSSR count). The van der Waals surface area contributed by atoms with Crippen LogP contribution in [-0.4, -0.2) is 18.4 Å². The summed E-state index contributed by atoms with van der Waals surface area (Å²) in [6, 6.07) is 16.7. The van der Waals surface area contributed by atoms with Gasteiger partial charge in [0.05, 0.1) is 5.92 Å². The van der Waals surface area contributed by atoms with Crippen molar-refractivity contribution < 1.29 is 9.59 Å². The van der Waals surface area contributed by atoms with E-state index in [0.29, 0.717) is 12.1 Å². The minimum atomic E-state index is -0.330. The molecule has 0 bridgehead atoms. The Kier molecular flexibility index (Phi) is 4.79. The molecule has 0 saturated carbocycles. The van der Waals surface area contributed by atoms with Gasteiger partial charge in [0.2, 0.25) is 5.91 Å². The second-order valence-corrected chi connectivity index (χ2v) is 5.74. The largest absolute Gasteiger partial charge is 0.353 e. The first kappa shape index (κ1) is 16.1. The average molecular weight is 321 g/mol. The third-order valence-corrected chi connectivity index (χ3v) is 4.23. The Bertz CT molecular complexity index is 771. The molecule has 2 aromatic rings. The van der Waals surface area contributed by atoms with Gasteiger partial charge in [-0.05, 0) is 23.6 Å². The molecule has 0 aromatic heterocycles. The standard InChI is InChI=1S/C19H19N3O2/c1-2-14(13-8-4-3-5-9-13)18(23)20-12-17-15-10-6-7-11-16(15)19(24)22-21-17/h3-11,14,17H,2,12H2,1H3,(H,20,23). The molecule has 1 heterocycles. The first-order chi connectivity index (χ1) is 11.7. The van der Waals surface area contributed by atoms with E-state index in [9.17, 15) is 9.59 Å². The molecule has 24 heavy (non-hydrogen) atoms. The monoisotopic (exact) mass is 321 g/mol. The quantitative estimate of drug-likeness (QED) is 0.913. The van der Waals surface area contributed by atoms with Crippen LogP contribution >= 0.6 is 0 Å². The summed E-state index contributed by atoms with van der Waals surface area (Å²) < 4.78 is 0. The summed E-state index contributed by atoms with van der Waals surface area (Å²) >= 11 is 0. The van der Waals surface area contributed by atoms with E-state index in [1.54, 1.807) is 12.1 Å². The minimum absolute atomic E-state index is 0.0340. The Labute approximate surface area is 140 Å². The number of fused-ring (bicyclic) bond motifs is 1. The van der Waals surface area contributed by atoms with Crippen molar-refractivity contribution in [3.8, 4) is 0 Å². The fourth-order valence-corrected chi connectivity index (χ4v) is 2.95. The Balaban J connectivity index is 1.70. The van der Waals surface area contributed by atoms with Crippen LogP contribution in [0.15, 0.2) is 64.8 Å². The van der Waals surface area contributed by atoms with Crippen LogP contribution < -0.4 is 5.32 Å². The lowest BCUT2D eigenvalue weighted by molar-refractivity contribution is -0.122. The van der Waals surface area contributed by atoms with Crippen LogP contribution in [0.3, 0.4) is 0 Å². The van der Waals surface area contributed by atoms with Gasteiger partial charge >= 0.3 is 0 Å². The molecule has 0 radical (unpaired) electrons. The lowest BCUT2D eigenvalue weighted by Crippen LogP contribution is -2.33. The second kappa shape index (κ2) is 7.17. The predicted octanol–water partition coefficient (Wildman–Crippen LogP) is 3.64. The van der Waals surface area contributed by atoms with E-state index >= 15 is 0 Å². The highest BCUT2D eigenvalue weighted by Crippen LogP contribution is 2.27. The molecule has 1 aliphatic rings. The summed E-state index contributed by atoms with van der Waals surface area (Å²) in [4.78, 5) is 24.3. The number of amides is 2. The Hall–Kier alpha value is -2.82. The molecule has 5 heteroatoms. The van der Waals surface area contributed by atoms with Crippen molar-refractivity contribution in [3.63, 3.8) is 0 Å². The number of nitrogens with zero attached hydrogens (tertiary/aromatic N) is 2. The summed E-state index contributed by atoms with van der Waals surface area (Å²) in [5.41, 5.74) is 2.37. The van der Waals surface area contributed by atoms with Crippen LogP contribution in [0.2, 0.25) is 0 Å². The number of carbonyl (C=O) groups is 2. The maximum absolute atomic E-state index is 12.5. The highest BCUT2D eigenvalue weighted by Gasteiger charge is 2.25. The lowest BCUT2D eigenvalue weighted by atomic mass is 9.95.